The van der Waals surface area contributed by atoms with E-state index in [9.17, 15) is 18.0 Å². The predicted molar refractivity (Wildman–Crippen MR) is 116 cm³/mol. The number of unbranched alkanes of at least 4 members (excludes halogenated alkanes) is 1. The average Bonchev–Trinajstić information content (AvgIpc) is 3.08. The number of likely N-dealkylation sites (tertiary alicyclic amines) is 1. The normalized spacial score (nSPS) is 26.7. The Balaban J connectivity index is 1.54. The van der Waals surface area contributed by atoms with Gasteiger partial charge in [-0.3, -0.25) is 14.5 Å². The van der Waals surface area contributed by atoms with Gasteiger partial charge >= 0.3 is 0 Å². The van der Waals surface area contributed by atoms with Crippen LogP contribution in [-0.4, -0.2) is 103 Å². The third kappa shape index (κ3) is 5.53. The maximum atomic E-state index is 13.2. The van der Waals surface area contributed by atoms with Gasteiger partial charge in [0.2, 0.25) is 21.8 Å². The standard InChI is InChI=1S/C21H38N4O4S/c1-3-4-9-19(25-11-7-16-30(25,28)29)21(27)23-14-12-22(13-15-23)17-20(26)24-10-6-5-8-18(24)2/h18-19H,3-17H2,1-2H3/t18-,19+/m0/s1. The van der Waals surface area contributed by atoms with Crippen LogP contribution in [0.25, 0.3) is 0 Å². The number of amides is 2. The molecule has 0 aromatic carbocycles. The molecule has 0 unspecified atom stereocenters. The van der Waals surface area contributed by atoms with Crippen LogP contribution >= 0.6 is 0 Å². The topological polar surface area (TPSA) is 81.2 Å². The molecule has 0 aromatic heterocycles. The summed E-state index contributed by atoms with van der Waals surface area (Å²) in [6.45, 7) is 8.31. The molecule has 0 N–H and O–H groups in total. The largest absolute Gasteiger partial charge is 0.339 e. The Labute approximate surface area is 181 Å². The Morgan fingerprint density at radius 1 is 1.00 bits per heavy atom. The first-order chi connectivity index (χ1) is 14.3. The van der Waals surface area contributed by atoms with Gasteiger partial charge in [0.1, 0.15) is 6.04 Å². The molecular formula is C21H38N4O4S. The molecule has 30 heavy (non-hydrogen) atoms. The van der Waals surface area contributed by atoms with Gasteiger partial charge in [-0.2, -0.15) is 4.31 Å². The minimum atomic E-state index is -3.32. The van der Waals surface area contributed by atoms with Crippen LogP contribution in [0.2, 0.25) is 0 Å². The summed E-state index contributed by atoms with van der Waals surface area (Å²) in [5.41, 5.74) is 0. The van der Waals surface area contributed by atoms with E-state index in [0.717, 1.165) is 32.2 Å². The molecule has 2 atom stereocenters. The van der Waals surface area contributed by atoms with Gasteiger partial charge in [-0.15, -0.1) is 0 Å². The van der Waals surface area contributed by atoms with Gasteiger partial charge in [0, 0.05) is 45.3 Å². The summed E-state index contributed by atoms with van der Waals surface area (Å²) in [4.78, 5) is 31.8. The van der Waals surface area contributed by atoms with Crippen molar-refractivity contribution in [2.45, 2.75) is 70.9 Å². The number of hydrogen-bond donors (Lipinski definition) is 0. The number of carbonyl (C=O) groups is 2. The highest BCUT2D eigenvalue weighted by Gasteiger charge is 2.40. The number of sulfonamides is 1. The van der Waals surface area contributed by atoms with E-state index in [-0.39, 0.29) is 17.6 Å². The Hall–Kier alpha value is -1.19. The second kappa shape index (κ2) is 10.4. The van der Waals surface area contributed by atoms with E-state index < -0.39 is 16.1 Å². The lowest BCUT2D eigenvalue weighted by Gasteiger charge is -2.39. The first kappa shape index (κ1) is 23.5. The van der Waals surface area contributed by atoms with Gasteiger partial charge in [0.05, 0.1) is 12.3 Å². The van der Waals surface area contributed by atoms with Gasteiger partial charge < -0.3 is 9.80 Å². The first-order valence-corrected chi connectivity index (χ1v) is 13.2. The molecule has 3 aliphatic heterocycles. The zero-order valence-electron chi connectivity index (χ0n) is 18.6. The number of rotatable bonds is 7. The number of piperidine rings is 1. The molecule has 0 radical (unpaired) electrons. The fraction of sp³-hybridized carbons (Fsp3) is 0.905. The SMILES string of the molecule is CCCC[C@H](C(=O)N1CCN(CC(=O)N2CCCC[C@@H]2C)CC1)N1CCCS1(=O)=O. The van der Waals surface area contributed by atoms with Crippen molar-refractivity contribution in [3.05, 3.63) is 0 Å². The van der Waals surface area contributed by atoms with Gasteiger partial charge in [-0.05, 0) is 39.0 Å². The van der Waals surface area contributed by atoms with Gasteiger partial charge in [0.25, 0.3) is 0 Å². The fourth-order valence-corrected chi connectivity index (χ4v) is 6.60. The van der Waals surface area contributed by atoms with E-state index >= 15 is 0 Å². The highest BCUT2D eigenvalue weighted by Crippen LogP contribution is 2.23. The van der Waals surface area contributed by atoms with Crippen LogP contribution in [0.5, 0.6) is 0 Å². The second-order valence-corrected chi connectivity index (χ2v) is 11.0. The van der Waals surface area contributed by atoms with Crippen LogP contribution in [-0.2, 0) is 19.6 Å². The van der Waals surface area contributed by atoms with E-state index in [4.69, 9.17) is 0 Å². The minimum Gasteiger partial charge on any atom is -0.339 e. The molecule has 9 heteroatoms. The summed E-state index contributed by atoms with van der Waals surface area (Å²) in [7, 11) is -3.32. The Morgan fingerprint density at radius 3 is 2.33 bits per heavy atom. The molecule has 0 aromatic rings. The minimum absolute atomic E-state index is 0.0652. The fourth-order valence-electron chi connectivity index (χ4n) is 4.88. The van der Waals surface area contributed by atoms with E-state index in [1.54, 1.807) is 4.90 Å². The molecule has 3 aliphatic rings. The molecule has 0 bridgehead atoms. The quantitative estimate of drug-likeness (QED) is 0.590. The molecule has 0 aliphatic carbocycles. The van der Waals surface area contributed by atoms with Crippen molar-refractivity contribution < 1.29 is 18.0 Å². The highest BCUT2D eigenvalue weighted by atomic mass is 32.2. The molecule has 8 nitrogen and oxygen atoms in total. The lowest BCUT2D eigenvalue weighted by molar-refractivity contribution is -0.139. The van der Waals surface area contributed by atoms with Crippen LogP contribution in [0.1, 0.15) is 58.8 Å². The molecule has 172 valence electrons. The summed E-state index contributed by atoms with van der Waals surface area (Å²) >= 11 is 0. The van der Waals surface area contributed by atoms with Crippen LogP contribution in [0, 0.1) is 0 Å². The summed E-state index contributed by atoms with van der Waals surface area (Å²) in [6.07, 6.45) is 6.30. The number of hydrogen-bond acceptors (Lipinski definition) is 5. The average molecular weight is 443 g/mol. The second-order valence-electron chi connectivity index (χ2n) is 8.97. The van der Waals surface area contributed by atoms with Crippen molar-refractivity contribution in [1.82, 2.24) is 19.0 Å². The van der Waals surface area contributed by atoms with Crippen LogP contribution in [0.3, 0.4) is 0 Å². The zero-order valence-corrected chi connectivity index (χ0v) is 19.4. The molecule has 3 heterocycles. The third-order valence-electron chi connectivity index (χ3n) is 6.77. The molecule has 0 saturated carbocycles. The lowest BCUT2D eigenvalue weighted by atomic mass is 10.0. The van der Waals surface area contributed by atoms with E-state index in [2.05, 4.69) is 18.7 Å². The van der Waals surface area contributed by atoms with E-state index in [0.29, 0.717) is 58.2 Å². The summed E-state index contributed by atoms with van der Waals surface area (Å²) in [5, 5.41) is 0. The monoisotopic (exact) mass is 442 g/mol. The summed E-state index contributed by atoms with van der Waals surface area (Å²) in [6, 6.07) is -0.254. The summed E-state index contributed by atoms with van der Waals surface area (Å²) in [5.74, 6) is 0.267. The molecule has 3 saturated heterocycles. The Bertz CT molecular complexity index is 706. The smallest absolute Gasteiger partial charge is 0.241 e. The van der Waals surface area contributed by atoms with Crippen molar-refractivity contribution in [3.63, 3.8) is 0 Å². The Kier molecular flexibility index (Phi) is 8.15. The Morgan fingerprint density at radius 2 is 1.73 bits per heavy atom. The van der Waals surface area contributed by atoms with E-state index in [1.165, 1.54) is 10.7 Å². The first-order valence-electron chi connectivity index (χ1n) is 11.6. The molecule has 0 spiro atoms. The van der Waals surface area contributed by atoms with Crippen molar-refractivity contribution in [2.24, 2.45) is 0 Å². The van der Waals surface area contributed by atoms with E-state index in [1.807, 2.05) is 4.90 Å². The molecule has 3 rings (SSSR count). The van der Waals surface area contributed by atoms with Crippen LogP contribution < -0.4 is 0 Å². The maximum absolute atomic E-state index is 13.2. The van der Waals surface area contributed by atoms with Crippen molar-refractivity contribution in [3.8, 4) is 0 Å². The highest BCUT2D eigenvalue weighted by molar-refractivity contribution is 7.89. The molecule has 2 amide bonds. The zero-order chi connectivity index (χ0) is 21.7. The predicted octanol–water partition coefficient (Wildman–Crippen LogP) is 1.13. The maximum Gasteiger partial charge on any atom is 0.241 e. The van der Waals surface area contributed by atoms with Crippen molar-refractivity contribution in [1.29, 1.82) is 0 Å². The third-order valence-corrected chi connectivity index (χ3v) is 8.72. The van der Waals surface area contributed by atoms with Gasteiger partial charge in [0.15, 0.2) is 0 Å². The van der Waals surface area contributed by atoms with Gasteiger partial charge in [-0.25, -0.2) is 8.42 Å². The van der Waals surface area contributed by atoms with Crippen LogP contribution in [0.15, 0.2) is 0 Å². The number of carbonyl (C=O) groups excluding carboxylic acids is 2. The number of piperazine rings is 1. The van der Waals surface area contributed by atoms with Crippen molar-refractivity contribution >= 4 is 21.8 Å². The van der Waals surface area contributed by atoms with Crippen molar-refractivity contribution in [2.75, 3.05) is 51.6 Å². The number of nitrogens with zero attached hydrogens (tertiary/aromatic N) is 4. The van der Waals surface area contributed by atoms with Gasteiger partial charge in [-0.1, -0.05) is 19.8 Å². The van der Waals surface area contributed by atoms with Crippen LogP contribution in [0.4, 0.5) is 0 Å². The summed E-state index contributed by atoms with van der Waals surface area (Å²) < 4.78 is 26.3. The lowest BCUT2D eigenvalue weighted by Crippen LogP contribution is -2.56. The molecular weight excluding hydrogens is 404 g/mol. The molecule has 3 fully saturated rings.